The lowest BCUT2D eigenvalue weighted by molar-refractivity contribution is -0.119. The number of hydrogen-bond donors (Lipinski definition) is 1. The van der Waals surface area contributed by atoms with Crippen LogP contribution in [0.5, 0.6) is 0 Å². The maximum Gasteiger partial charge on any atom is 0.250 e. The van der Waals surface area contributed by atoms with Crippen molar-refractivity contribution in [2.75, 3.05) is 19.0 Å². The zero-order valence-electron chi connectivity index (χ0n) is 7.81. The highest BCUT2D eigenvalue weighted by Crippen LogP contribution is 2.25. The minimum absolute atomic E-state index is 0.0923. The molecule has 0 fully saturated rings. The normalized spacial score (nSPS) is 10.1. The predicted octanol–water partition coefficient (Wildman–Crippen LogP) is 2.31. The van der Waals surface area contributed by atoms with E-state index in [1.165, 1.54) is 7.11 Å². The molecule has 15 heavy (non-hydrogen) atoms. The fraction of sp³-hybridized carbons (Fsp3) is 0.222. The van der Waals surface area contributed by atoms with Crippen LogP contribution in [-0.4, -0.2) is 19.6 Å². The number of halogens is 3. The molecule has 0 radical (unpaired) electrons. The Bertz CT molecular complexity index is 385. The van der Waals surface area contributed by atoms with Gasteiger partial charge in [-0.05, 0) is 28.1 Å². The van der Waals surface area contributed by atoms with E-state index in [1.807, 2.05) is 0 Å². The van der Waals surface area contributed by atoms with E-state index in [0.717, 1.165) is 12.1 Å². The number of methoxy groups -OCH3 is 1. The van der Waals surface area contributed by atoms with Crippen LogP contribution in [0.4, 0.5) is 14.5 Å². The minimum Gasteiger partial charge on any atom is -0.375 e. The maximum atomic E-state index is 13.3. The van der Waals surface area contributed by atoms with E-state index in [4.69, 9.17) is 0 Å². The van der Waals surface area contributed by atoms with Gasteiger partial charge in [-0.15, -0.1) is 0 Å². The molecule has 6 heteroatoms. The molecule has 0 aromatic heterocycles. The molecule has 1 aromatic carbocycles. The van der Waals surface area contributed by atoms with E-state index in [0.29, 0.717) is 0 Å². The highest BCUT2D eigenvalue weighted by Gasteiger charge is 2.12. The van der Waals surface area contributed by atoms with Gasteiger partial charge in [-0.25, -0.2) is 8.78 Å². The molecule has 0 aliphatic rings. The van der Waals surface area contributed by atoms with Crippen molar-refractivity contribution in [1.82, 2.24) is 0 Å². The molecule has 1 rings (SSSR count). The molecule has 0 unspecified atom stereocenters. The molecule has 0 bridgehead atoms. The first-order valence-electron chi connectivity index (χ1n) is 3.98. The van der Waals surface area contributed by atoms with E-state index in [1.54, 1.807) is 0 Å². The molecule has 0 spiro atoms. The number of carbonyl (C=O) groups is 1. The molecular weight excluding hydrogens is 272 g/mol. The zero-order valence-corrected chi connectivity index (χ0v) is 9.40. The van der Waals surface area contributed by atoms with Gasteiger partial charge in [0.1, 0.15) is 12.4 Å². The smallest absolute Gasteiger partial charge is 0.250 e. The van der Waals surface area contributed by atoms with Crippen LogP contribution in [0.15, 0.2) is 16.6 Å². The first kappa shape index (κ1) is 12.1. The topological polar surface area (TPSA) is 38.3 Å². The summed E-state index contributed by atoms with van der Waals surface area (Å²) in [5, 5.41) is 2.24. The molecule has 1 N–H and O–H groups in total. The van der Waals surface area contributed by atoms with Crippen LogP contribution < -0.4 is 5.32 Å². The van der Waals surface area contributed by atoms with Crippen LogP contribution in [0.25, 0.3) is 0 Å². The lowest BCUT2D eigenvalue weighted by Crippen LogP contribution is -2.18. The van der Waals surface area contributed by atoms with E-state index in [-0.39, 0.29) is 16.8 Å². The second-order valence-electron chi connectivity index (χ2n) is 2.70. The maximum absolute atomic E-state index is 13.3. The summed E-state index contributed by atoms with van der Waals surface area (Å²) < 4.78 is 30.4. The van der Waals surface area contributed by atoms with Crippen molar-refractivity contribution in [3.05, 3.63) is 28.2 Å². The molecule has 82 valence electrons. The summed E-state index contributed by atoms with van der Waals surface area (Å²) in [6.45, 7) is -0.186. The Hall–Kier alpha value is -1.01. The Labute approximate surface area is 93.5 Å². The van der Waals surface area contributed by atoms with E-state index >= 15 is 0 Å². The van der Waals surface area contributed by atoms with Gasteiger partial charge in [-0.2, -0.15) is 0 Å². The summed E-state index contributed by atoms with van der Waals surface area (Å²) in [4.78, 5) is 11.0. The lowest BCUT2D eigenvalue weighted by atomic mass is 10.3. The van der Waals surface area contributed by atoms with Crippen molar-refractivity contribution in [3.8, 4) is 0 Å². The lowest BCUT2D eigenvalue weighted by Gasteiger charge is -2.07. The van der Waals surface area contributed by atoms with Crippen molar-refractivity contribution in [3.63, 3.8) is 0 Å². The summed E-state index contributed by atoms with van der Waals surface area (Å²) in [5.74, 6) is -2.08. The molecule has 0 atom stereocenters. The second kappa shape index (κ2) is 5.18. The fourth-order valence-corrected chi connectivity index (χ4v) is 1.29. The summed E-state index contributed by atoms with van der Waals surface area (Å²) in [6.07, 6.45) is 0. The van der Waals surface area contributed by atoms with Crippen LogP contribution in [0.3, 0.4) is 0 Å². The zero-order chi connectivity index (χ0) is 11.4. The summed E-state index contributed by atoms with van der Waals surface area (Å²) >= 11 is 2.73. The quantitative estimate of drug-likeness (QED) is 0.863. The van der Waals surface area contributed by atoms with Crippen LogP contribution >= 0.6 is 15.9 Å². The number of anilines is 1. The minimum atomic E-state index is -0.848. The molecule has 3 nitrogen and oxygen atoms in total. The predicted molar refractivity (Wildman–Crippen MR) is 54.6 cm³/mol. The van der Waals surface area contributed by atoms with Gasteiger partial charge in [0.05, 0.1) is 10.2 Å². The van der Waals surface area contributed by atoms with E-state index in [9.17, 15) is 13.6 Å². The summed E-state index contributed by atoms with van der Waals surface area (Å²) in [5.41, 5.74) is -0.0923. The van der Waals surface area contributed by atoms with Crippen molar-refractivity contribution in [1.29, 1.82) is 0 Å². The molecule has 0 saturated heterocycles. The second-order valence-corrected chi connectivity index (χ2v) is 3.50. The number of carbonyl (C=O) groups excluding carboxylic acids is 1. The largest absolute Gasteiger partial charge is 0.375 e. The van der Waals surface area contributed by atoms with Gasteiger partial charge in [-0.3, -0.25) is 4.79 Å². The Kier molecular flexibility index (Phi) is 4.16. The molecule has 0 saturated carbocycles. The van der Waals surface area contributed by atoms with E-state index < -0.39 is 17.5 Å². The number of nitrogens with one attached hydrogen (secondary N) is 1. The standard InChI is InChI=1S/C9H8BrF2NO2/c1-15-4-7(14)13-6-3-2-5(11)8(10)9(6)12/h2-3H,4H2,1H3,(H,13,14). The molecule has 1 amide bonds. The van der Waals surface area contributed by atoms with Gasteiger partial charge >= 0.3 is 0 Å². The number of hydrogen-bond acceptors (Lipinski definition) is 2. The van der Waals surface area contributed by atoms with Crippen LogP contribution in [0.1, 0.15) is 0 Å². The first-order valence-corrected chi connectivity index (χ1v) is 4.78. The van der Waals surface area contributed by atoms with Gasteiger partial charge in [-0.1, -0.05) is 0 Å². The van der Waals surface area contributed by atoms with Gasteiger partial charge < -0.3 is 10.1 Å². The Morgan fingerprint density at radius 2 is 2.20 bits per heavy atom. The van der Waals surface area contributed by atoms with Crippen LogP contribution in [0.2, 0.25) is 0 Å². The van der Waals surface area contributed by atoms with Crippen molar-refractivity contribution in [2.45, 2.75) is 0 Å². The van der Waals surface area contributed by atoms with Gasteiger partial charge in [0.15, 0.2) is 5.82 Å². The monoisotopic (exact) mass is 279 g/mol. The third-order valence-electron chi connectivity index (χ3n) is 1.58. The Balaban J connectivity index is 2.87. The third kappa shape index (κ3) is 2.97. The average molecular weight is 280 g/mol. The molecule has 0 aliphatic carbocycles. The summed E-state index contributed by atoms with van der Waals surface area (Å²) in [6, 6.07) is 2.19. The third-order valence-corrected chi connectivity index (χ3v) is 2.31. The number of rotatable bonds is 3. The number of ether oxygens (including phenoxy) is 1. The van der Waals surface area contributed by atoms with Gasteiger partial charge in [0.2, 0.25) is 5.91 Å². The average Bonchev–Trinajstić information content (AvgIpc) is 2.20. The Morgan fingerprint density at radius 3 is 2.80 bits per heavy atom. The SMILES string of the molecule is COCC(=O)Nc1ccc(F)c(Br)c1F. The highest BCUT2D eigenvalue weighted by atomic mass is 79.9. The molecule has 1 aromatic rings. The van der Waals surface area contributed by atoms with Crippen LogP contribution in [-0.2, 0) is 9.53 Å². The number of amides is 1. The van der Waals surface area contributed by atoms with Gasteiger partial charge in [0, 0.05) is 7.11 Å². The first-order chi connectivity index (χ1) is 7.06. The molecule has 0 aliphatic heterocycles. The Morgan fingerprint density at radius 1 is 1.53 bits per heavy atom. The highest BCUT2D eigenvalue weighted by molar-refractivity contribution is 9.10. The molecular formula is C9H8BrF2NO2. The van der Waals surface area contributed by atoms with Crippen molar-refractivity contribution < 1.29 is 18.3 Å². The van der Waals surface area contributed by atoms with Crippen molar-refractivity contribution >= 4 is 27.5 Å². The van der Waals surface area contributed by atoms with Gasteiger partial charge in [0.25, 0.3) is 0 Å². The number of benzene rings is 1. The van der Waals surface area contributed by atoms with Crippen LogP contribution in [0, 0.1) is 11.6 Å². The summed E-state index contributed by atoms with van der Waals surface area (Å²) in [7, 11) is 1.34. The van der Waals surface area contributed by atoms with E-state index in [2.05, 4.69) is 26.0 Å². The molecule has 0 heterocycles. The van der Waals surface area contributed by atoms with Crippen molar-refractivity contribution in [2.24, 2.45) is 0 Å². The fourth-order valence-electron chi connectivity index (χ4n) is 0.940.